The normalized spacial score (nSPS) is 10.8. The molecule has 0 aliphatic rings. The number of halogens is 3. The lowest BCUT2D eigenvalue weighted by molar-refractivity contribution is 1.15. The molecule has 1 N–H and O–H groups in total. The van der Waals surface area contributed by atoms with Crippen molar-refractivity contribution in [3.63, 3.8) is 0 Å². The minimum Gasteiger partial charge on any atom is -0.380 e. The van der Waals surface area contributed by atoms with Gasteiger partial charge in [-0.05, 0) is 51.1 Å². The summed E-state index contributed by atoms with van der Waals surface area (Å²) in [6, 6.07) is 18.5. The first-order valence-electron chi connectivity index (χ1n) is 6.50. The van der Waals surface area contributed by atoms with E-state index in [4.69, 9.17) is 11.6 Å². The maximum atomic E-state index is 6.13. The molecule has 0 unspecified atom stereocenters. The molecule has 0 fully saturated rings. The van der Waals surface area contributed by atoms with E-state index in [0.717, 1.165) is 31.8 Å². The highest BCUT2D eigenvalue weighted by atomic mass is 79.9. The van der Waals surface area contributed by atoms with Crippen LogP contribution in [0.2, 0.25) is 5.02 Å². The predicted octanol–water partition coefficient (Wildman–Crippen LogP) is 6.63. The first kappa shape index (κ1) is 14.9. The third-order valence-electron chi connectivity index (χ3n) is 3.34. The molecule has 0 amide bonds. The molecule has 3 aromatic rings. The number of fused-ring (bicyclic) bond motifs is 1. The molecule has 0 saturated heterocycles. The van der Waals surface area contributed by atoms with Crippen molar-refractivity contribution < 1.29 is 0 Å². The van der Waals surface area contributed by atoms with Crippen molar-refractivity contribution in [2.24, 2.45) is 0 Å². The Morgan fingerprint density at radius 2 is 1.57 bits per heavy atom. The van der Waals surface area contributed by atoms with Crippen molar-refractivity contribution in [2.75, 3.05) is 5.32 Å². The Hall–Kier alpha value is -1.03. The fraction of sp³-hybridized carbons (Fsp3) is 0.0588. The van der Waals surface area contributed by atoms with Crippen LogP contribution < -0.4 is 5.32 Å². The van der Waals surface area contributed by atoms with Crippen molar-refractivity contribution in [3.8, 4) is 0 Å². The molecule has 1 nitrogen and oxygen atoms in total. The molecule has 0 bridgehead atoms. The van der Waals surface area contributed by atoms with Gasteiger partial charge in [-0.2, -0.15) is 0 Å². The van der Waals surface area contributed by atoms with Crippen molar-refractivity contribution in [1.82, 2.24) is 0 Å². The summed E-state index contributed by atoms with van der Waals surface area (Å²) in [5, 5.41) is 6.62. The molecule has 3 aromatic carbocycles. The van der Waals surface area contributed by atoms with Crippen LogP contribution in [0, 0.1) is 0 Å². The number of nitrogens with one attached hydrogen (secondary N) is 1. The first-order chi connectivity index (χ1) is 10.1. The Bertz CT molecular complexity index is 802. The van der Waals surface area contributed by atoms with Gasteiger partial charge in [0.2, 0.25) is 0 Å². The largest absolute Gasteiger partial charge is 0.380 e. The van der Waals surface area contributed by atoms with E-state index < -0.39 is 0 Å². The van der Waals surface area contributed by atoms with Crippen molar-refractivity contribution in [3.05, 3.63) is 74.1 Å². The van der Waals surface area contributed by atoms with Gasteiger partial charge in [0.15, 0.2) is 0 Å². The van der Waals surface area contributed by atoms with Crippen LogP contribution in [0.5, 0.6) is 0 Å². The summed E-state index contributed by atoms with van der Waals surface area (Å²) in [6.45, 7) is 0.735. The molecule has 0 aliphatic heterocycles. The summed E-state index contributed by atoms with van der Waals surface area (Å²) in [6.07, 6.45) is 0. The van der Waals surface area contributed by atoms with Gasteiger partial charge in [-0.25, -0.2) is 0 Å². The lowest BCUT2D eigenvalue weighted by Crippen LogP contribution is -2.00. The Labute approximate surface area is 145 Å². The molecule has 0 atom stereocenters. The van der Waals surface area contributed by atoms with Gasteiger partial charge in [0.25, 0.3) is 0 Å². The predicted molar refractivity (Wildman–Crippen MR) is 98.1 cm³/mol. The van der Waals surface area contributed by atoms with Gasteiger partial charge in [-0.1, -0.05) is 57.9 Å². The molecule has 0 spiro atoms. The fourth-order valence-corrected chi connectivity index (χ4v) is 3.19. The van der Waals surface area contributed by atoms with Crippen LogP contribution >= 0.6 is 43.5 Å². The van der Waals surface area contributed by atoms with E-state index in [-0.39, 0.29) is 0 Å². The fourth-order valence-electron chi connectivity index (χ4n) is 2.26. The Morgan fingerprint density at radius 3 is 2.33 bits per heavy atom. The number of hydrogen-bond donors (Lipinski definition) is 1. The molecule has 0 aromatic heterocycles. The van der Waals surface area contributed by atoms with Crippen LogP contribution in [-0.2, 0) is 6.54 Å². The van der Waals surface area contributed by atoms with Gasteiger partial charge >= 0.3 is 0 Å². The second-order valence-electron chi connectivity index (χ2n) is 4.74. The molecule has 3 rings (SSSR count). The van der Waals surface area contributed by atoms with Crippen molar-refractivity contribution in [2.45, 2.75) is 6.54 Å². The van der Waals surface area contributed by atoms with Gasteiger partial charge in [0, 0.05) is 26.6 Å². The van der Waals surface area contributed by atoms with Crippen LogP contribution in [0.25, 0.3) is 10.8 Å². The van der Waals surface area contributed by atoms with E-state index in [2.05, 4.69) is 73.6 Å². The lowest BCUT2D eigenvalue weighted by Gasteiger charge is -2.11. The minimum absolute atomic E-state index is 0.731. The Morgan fingerprint density at radius 1 is 0.857 bits per heavy atom. The van der Waals surface area contributed by atoms with Gasteiger partial charge in [0.1, 0.15) is 0 Å². The number of rotatable bonds is 3. The molecule has 21 heavy (non-hydrogen) atoms. The molecular weight excluding hydrogens is 413 g/mol. The molecule has 4 heteroatoms. The summed E-state index contributed by atoms with van der Waals surface area (Å²) in [5.41, 5.74) is 2.27. The molecule has 0 saturated carbocycles. The number of hydrogen-bond acceptors (Lipinski definition) is 1. The highest BCUT2D eigenvalue weighted by Gasteiger charge is 2.04. The van der Waals surface area contributed by atoms with Crippen molar-refractivity contribution in [1.29, 1.82) is 0 Å². The SMILES string of the molecule is Clc1cc(CNc2ccc(Br)c3ccccc23)ccc1Br. The Balaban J connectivity index is 1.88. The lowest BCUT2D eigenvalue weighted by atomic mass is 10.1. The van der Waals surface area contributed by atoms with Crippen LogP contribution in [0.4, 0.5) is 5.69 Å². The zero-order chi connectivity index (χ0) is 14.8. The van der Waals surface area contributed by atoms with E-state index in [9.17, 15) is 0 Å². The quantitative estimate of drug-likeness (QED) is 0.497. The minimum atomic E-state index is 0.731. The highest BCUT2D eigenvalue weighted by Crippen LogP contribution is 2.30. The van der Waals surface area contributed by atoms with Crippen LogP contribution in [-0.4, -0.2) is 0 Å². The smallest absolute Gasteiger partial charge is 0.0551 e. The van der Waals surface area contributed by atoms with E-state index >= 15 is 0 Å². The van der Waals surface area contributed by atoms with Gasteiger partial charge in [0.05, 0.1) is 5.02 Å². The third kappa shape index (κ3) is 3.25. The van der Waals surface area contributed by atoms with Gasteiger partial charge in [-0.15, -0.1) is 0 Å². The zero-order valence-corrected chi connectivity index (χ0v) is 15.0. The Kier molecular flexibility index (Phi) is 4.53. The summed E-state index contributed by atoms with van der Waals surface area (Å²) in [7, 11) is 0. The van der Waals surface area contributed by atoms with Crippen LogP contribution in [0.1, 0.15) is 5.56 Å². The van der Waals surface area contributed by atoms with Gasteiger partial charge in [-0.3, -0.25) is 0 Å². The molecular formula is C17H12Br2ClN. The standard InChI is InChI=1S/C17H12Br2ClN/c18-14-7-8-17(13-4-2-1-3-12(13)14)21-10-11-5-6-15(19)16(20)9-11/h1-9,21H,10H2. The molecule has 0 radical (unpaired) electrons. The maximum Gasteiger partial charge on any atom is 0.0551 e. The summed E-state index contributed by atoms with van der Waals surface area (Å²) in [4.78, 5) is 0. The highest BCUT2D eigenvalue weighted by molar-refractivity contribution is 9.11. The third-order valence-corrected chi connectivity index (χ3v) is 5.26. The monoisotopic (exact) mass is 423 g/mol. The average Bonchev–Trinajstić information content (AvgIpc) is 2.50. The van der Waals surface area contributed by atoms with Crippen LogP contribution in [0.3, 0.4) is 0 Å². The van der Waals surface area contributed by atoms with Gasteiger partial charge < -0.3 is 5.32 Å². The van der Waals surface area contributed by atoms with Crippen LogP contribution in [0.15, 0.2) is 63.5 Å². The average molecular weight is 426 g/mol. The van der Waals surface area contributed by atoms with Crippen molar-refractivity contribution >= 4 is 59.9 Å². The van der Waals surface area contributed by atoms with E-state index in [1.54, 1.807) is 0 Å². The summed E-state index contributed by atoms with van der Waals surface area (Å²) in [5.74, 6) is 0. The molecule has 106 valence electrons. The second-order valence-corrected chi connectivity index (χ2v) is 6.86. The van der Waals surface area contributed by atoms with E-state index in [1.807, 2.05) is 18.2 Å². The van der Waals surface area contributed by atoms with E-state index in [0.29, 0.717) is 0 Å². The summed E-state index contributed by atoms with van der Waals surface area (Å²) >= 11 is 13.1. The maximum absolute atomic E-state index is 6.13. The second kappa shape index (κ2) is 6.39. The zero-order valence-electron chi connectivity index (χ0n) is 11.0. The summed E-state index contributed by atoms with van der Waals surface area (Å²) < 4.78 is 2.03. The topological polar surface area (TPSA) is 12.0 Å². The number of benzene rings is 3. The van der Waals surface area contributed by atoms with E-state index in [1.165, 1.54) is 10.8 Å². The molecule has 0 aliphatic carbocycles. The number of anilines is 1. The first-order valence-corrected chi connectivity index (χ1v) is 8.46. The molecule has 0 heterocycles.